The molecule has 0 spiro atoms. The number of benzene rings is 2. The topological polar surface area (TPSA) is 76.2 Å². The van der Waals surface area contributed by atoms with E-state index in [1.54, 1.807) is 24.3 Å². The summed E-state index contributed by atoms with van der Waals surface area (Å²) in [6, 6.07) is 15.3. The summed E-state index contributed by atoms with van der Waals surface area (Å²) < 4.78 is 5.56. The van der Waals surface area contributed by atoms with Crippen LogP contribution in [-0.2, 0) is 0 Å². The Morgan fingerprint density at radius 2 is 1.91 bits per heavy atom. The number of non-ortho nitro benzene ring substituents is 1. The van der Waals surface area contributed by atoms with Gasteiger partial charge in [0.05, 0.1) is 28.5 Å². The highest BCUT2D eigenvalue weighted by Gasteiger charge is 2.13. The average molecular weight is 317 g/mol. The second-order valence-corrected chi connectivity index (χ2v) is 5.01. The van der Waals surface area contributed by atoms with E-state index in [1.807, 2.05) is 12.1 Å². The SMILES string of the molecule is N#CC(CCOc1ccccc1Cl)c1ccc([N+](=O)[O-])cc1. The smallest absolute Gasteiger partial charge is 0.269 e. The van der Waals surface area contributed by atoms with Crippen molar-refractivity contribution in [3.8, 4) is 11.8 Å². The number of nitrogens with zero attached hydrogens (tertiary/aromatic N) is 2. The van der Waals surface area contributed by atoms with Gasteiger partial charge in [-0.2, -0.15) is 5.26 Å². The first-order valence-electron chi connectivity index (χ1n) is 6.63. The second kappa shape index (κ2) is 7.43. The number of para-hydroxylation sites is 1. The van der Waals surface area contributed by atoms with Crippen LogP contribution in [0.4, 0.5) is 5.69 Å². The van der Waals surface area contributed by atoms with Gasteiger partial charge in [0.25, 0.3) is 5.69 Å². The maximum Gasteiger partial charge on any atom is 0.269 e. The average Bonchev–Trinajstić information content (AvgIpc) is 2.53. The van der Waals surface area contributed by atoms with E-state index < -0.39 is 4.92 Å². The molecule has 0 radical (unpaired) electrons. The predicted molar refractivity (Wildman–Crippen MR) is 83.0 cm³/mol. The molecular weight excluding hydrogens is 304 g/mol. The van der Waals surface area contributed by atoms with Crippen LogP contribution >= 0.6 is 11.6 Å². The summed E-state index contributed by atoms with van der Waals surface area (Å²) in [6.45, 7) is 0.332. The monoisotopic (exact) mass is 316 g/mol. The molecule has 0 aliphatic carbocycles. The molecule has 5 nitrogen and oxygen atoms in total. The Bertz CT molecular complexity index is 695. The zero-order valence-electron chi connectivity index (χ0n) is 11.6. The van der Waals surface area contributed by atoms with Crippen LogP contribution < -0.4 is 4.74 Å². The van der Waals surface area contributed by atoms with Crippen LogP contribution in [-0.4, -0.2) is 11.5 Å². The Labute approximate surface area is 132 Å². The van der Waals surface area contributed by atoms with E-state index in [-0.39, 0.29) is 11.6 Å². The van der Waals surface area contributed by atoms with Crippen molar-refractivity contribution in [3.05, 3.63) is 69.2 Å². The number of hydrogen-bond donors (Lipinski definition) is 0. The molecule has 112 valence electrons. The Balaban J connectivity index is 1.96. The molecule has 0 bridgehead atoms. The minimum atomic E-state index is -0.467. The first-order chi connectivity index (χ1) is 10.6. The van der Waals surface area contributed by atoms with Crippen molar-refractivity contribution < 1.29 is 9.66 Å². The van der Waals surface area contributed by atoms with Gasteiger partial charge in [-0.05, 0) is 17.7 Å². The van der Waals surface area contributed by atoms with Crippen molar-refractivity contribution in [1.29, 1.82) is 5.26 Å². The van der Waals surface area contributed by atoms with E-state index in [2.05, 4.69) is 6.07 Å². The van der Waals surface area contributed by atoms with Crippen molar-refractivity contribution in [2.45, 2.75) is 12.3 Å². The lowest BCUT2D eigenvalue weighted by molar-refractivity contribution is -0.384. The molecule has 0 fully saturated rings. The normalized spacial score (nSPS) is 11.5. The Hall–Kier alpha value is -2.58. The van der Waals surface area contributed by atoms with Crippen molar-refractivity contribution in [3.63, 3.8) is 0 Å². The van der Waals surface area contributed by atoms with Crippen LogP contribution in [0.3, 0.4) is 0 Å². The van der Waals surface area contributed by atoms with E-state index in [0.29, 0.717) is 23.8 Å². The molecule has 0 heterocycles. The van der Waals surface area contributed by atoms with Crippen LogP contribution in [0.5, 0.6) is 5.75 Å². The van der Waals surface area contributed by atoms with Gasteiger partial charge in [0, 0.05) is 18.6 Å². The van der Waals surface area contributed by atoms with Gasteiger partial charge in [-0.15, -0.1) is 0 Å². The summed E-state index contributed by atoms with van der Waals surface area (Å²) in [7, 11) is 0. The molecule has 22 heavy (non-hydrogen) atoms. The fourth-order valence-electron chi connectivity index (χ4n) is 1.98. The van der Waals surface area contributed by atoms with E-state index in [0.717, 1.165) is 5.56 Å². The maximum absolute atomic E-state index is 10.6. The standard InChI is InChI=1S/C16H13ClN2O3/c17-15-3-1-2-4-16(15)22-10-9-13(11-18)12-5-7-14(8-6-12)19(20)21/h1-8,13H,9-10H2. The molecule has 2 aromatic rings. The molecule has 0 N–H and O–H groups in total. The molecule has 0 saturated carbocycles. The van der Waals surface area contributed by atoms with Gasteiger partial charge >= 0.3 is 0 Å². The lowest BCUT2D eigenvalue weighted by atomic mass is 9.97. The lowest BCUT2D eigenvalue weighted by Crippen LogP contribution is -2.05. The van der Waals surface area contributed by atoms with Crippen LogP contribution in [0.15, 0.2) is 48.5 Å². The molecule has 2 rings (SSSR count). The highest BCUT2D eigenvalue weighted by molar-refractivity contribution is 6.32. The van der Waals surface area contributed by atoms with Crippen molar-refractivity contribution >= 4 is 17.3 Å². The summed E-state index contributed by atoms with van der Waals surface area (Å²) in [5.41, 5.74) is 0.739. The highest BCUT2D eigenvalue weighted by atomic mass is 35.5. The molecule has 6 heteroatoms. The zero-order chi connectivity index (χ0) is 15.9. The van der Waals surface area contributed by atoms with Gasteiger partial charge < -0.3 is 4.74 Å². The molecule has 0 aromatic heterocycles. The van der Waals surface area contributed by atoms with Gasteiger partial charge in [-0.3, -0.25) is 10.1 Å². The molecule has 1 unspecified atom stereocenters. The summed E-state index contributed by atoms with van der Waals surface area (Å²) in [5, 5.41) is 20.4. The third-order valence-electron chi connectivity index (χ3n) is 3.16. The molecule has 1 atom stereocenters. The quantitative estimate of drug-likeness (QED) is 0.587. The highest BCUT2D eigenvalue weighted by Crippen LogP contribution is 2.25. The number of ether oxygens (including phenoxy) is 1. The van der Waals surface area contributed by atoms with Gasteiger partial charge in [0.1, 0.15) is 5.75 Å². The van der Waals surface area contributed by atoms with Crippen LogP contribution in [0.2, 0.25) is 5.02 Å². The summed E-state index contributed by atoms with van der Waals surface area (Å²) in [5.74, 6) is 0.188. The first-order valence-corrected chi connectivity index (χ1v) is 7.01. The second-order valence-electron chi connectivity index (χ2n) is 4.60. The Kier molecular flexibility index (Phi) is 5.34. The fourth-order valence-corrected chi connectivity index (χ4v) is 2.17. The molecule has 0 saturated heterocycles. The van der Waals surface area contributed by atoms with Gasteiger partial charge in [0.2, 0.25) is 0 Å². The summed E-state index contributed by atoms with van der Waals surface area (Å²) in [4.78, 5) is 10.2. The van der Waals surface area contributed by atoms with E-state index in [1.165, 1.54) is 12.1 Å². The number of halogens is 1. The number of hydrogen-bond acceptors (Lipinski definition) is 4. The van der Waals surface area contributed by atoms with Gasteiger partial charge in [-0.1, -0.05) is 35.9 Å². The number of rotatable bonds is 6. The Morgan fingerprint density at radius 3 is 2.50 bits per heavy atom. The molecule has 0 aliphatic heterocycles. The van der Waals surface area contributed by atoms with Crippen molar-refractivity contribution in [2.24, 2.45) is 0 Å². The summed E-state index contributed by atoms with van der Waals surface area (Å²) in [6.07, 6.45) is 0.472. The lowest BCUT2D eigenvalue weighted by Gasteiger charge is -2.11. The van der Waals surface area contributed by atoms with Gasteiger partial charge in [-0.25, -0.2) is 0 Å². The minimum Gasteiger partial charge on any atom is -0.492 e. The fraction of sp³-hybridized carbons (Fsp3) is 0.188. The number of nitro groups is 1. The number of nitro benzene ring substituents is 1. The van der Waals surface area contributed by atoms with Crippen LogP contribution in [0.25, 0.3) is 0 Å². The predicted octanol–water partition coefficient (Wildman–Crippen LogP) is 4.32. The zero-order valence-corrected chi connectivity index (χ0v) is 12.4. The maximum atomic E-state index is 10.6. The van der Waals surface area contributed by atoms with E-state index >= 15 is 0 Å². The molecule has 0 amide bonds. The van der Waals surface area contributed by atoms with Crippen LogP contribution in [0.1, 0.15) is 17.9 Å². The first kappa shape index (κ1) is 15.8. The third kappa shape index (κ3) is 3.96. The van der Waals surface area contributed by atoms with Gasteiger partial charge in [0.15, 0.2) is 0 Å². The minimum absolute atomic E-state index is 0.00718. The third-order valence-corrected chi connectivity index (χ3v) is 3.48. The molecule has 2 aromatic carbocycles. The van der Waals surface area contributed by atoms with Crippen molar-refractivity contribution in [1.82, 2.24) is 0 Å². The molecule has 0 aliphatic rings. The molecular formula is C16H13ClN2O3. The van der Waals surface area contributed by atoms with E-state index in [4.69, 9.17) is 16.3 Å². The summed E-state index contributed by atoms with van der Waals surface area (Å²) >= 11 is 5.98. The van der Waals surface area contributed by atoms with E-state index in [9.17, 15) is 15.4 Å². The number of nitriles is 1. The van der Waals surface area contributed by atoms with Crippen LogP contribution in [0, 0.1) is 21.4 Å². The Morgan fingerprint density at radius 1 is 1.23 bits per heavy atom. The van der Waals surface area contributed by atoms with Crippen molar-refractivity contribution in [2.75, 3.05) is 6.61 Å². The largest absolute Gasteiger partial charge is 0.492 e.